The van der Waals surface area contributed by atoms with Crippen LogP contribution in [-0.4, -0.2) is 17.8 Å². The fraction of sp³-hybridized carbons (Fsp3) is 1.00. The van der Waals surface area contributed by atoms with Gasteiger partial charge in [0.2, 0.25) is 4.58 Å². The highest BCUT2D eigenvalue weighted by Crippen LogP contribution is 2.56. The fourth-order valence-corrected chi connectivity index (χ4v) is 2.21. The van der Waals surface area contributed by atoms with Crippen LogP contribution in [0.1, 0.15) is 13.8 Å². The van der Waals surface area contributed by atoms with Crippen LogP contribution in [0.3, 0.4) is 0 Å². The van der Waals surface area contributed by atoms with E-state index in [-0.39, 0.29) is 13.2 Å². The van der Waals surface area contributed by atoms with Crippen LogP contribution < -0.4 is 0 Å². The first-order valence-electron chi connectivity index (χ1n) is 3.23. The molecule has 0 aromatic heterocycles. The summed E-state index contributed by atoms with van der Waals surface area (Å²) in [7, 11) is -3.26. The third kappa shape index (κ3) is 3.77. The lowest BCUT2D eigenvalue weighted by molar-refractivity contribution is 0.222. The summed E-state index contributed by atoms with van der Waals surface area (Å²) < 4.78 is 19.9. The lowest BCUT2D eigenvalue weighted by Gasteiger charge is -2.16. The van der Waals surface area contributed by atoms with E-state index in [1.807, 2.05) is 0 Å². The Morgan fingerprint density at radius 3 is 1.82 bits per heavy atom. The highest BCUT2D eigenvalue weighted by atomic mass is 35.5. The second kappa shape index (κ2) is 5.39. The van der Waals surface area contributed by atoms with Gasteiger partial charge in [-0.1, -0.05) is 23.2 Å². The van der Waals surface area contributed by atoms with Crippen LogP contribution in [0.15, 0.2) is 0 Å². The number of halogens is 2. The van der Waals surface area contributed by atoms with Crippen LogP contribution in [-0.2, 0) is 13.6 Å². The molecule has 0 unspecified atom stereocenters. The second-order valence-electron chi connectivity index (χ2n) is 1.65. The lowest BCUT2D eigenvalue weighted by atomic mass is 10.9. The third-order valence-electron chi connectivity index (χ3n) is 0.857. The van der Waals surface area contributed by atoms with Gasteiger partial charge in [-0.15, -0.1) is 0 Å². The zero-order chi connectivity index (χ0) is 8.91. The van der Waals surface area contributed by atoms with Crippen molar-refractivity contribution < 1.29 is 13.6 Å². The van der Waals surface area contributed by atoms with Crippen molar-refractivity contribution in [2.24, 2.45) is 0 Å². The summed E-state index contributed by atoms with van der Waals surface area (Å²) in [6, 6.07) is 0. The molecule has 0 aromatic carbocycles. The number of hydrogen-bond donors (Lipinski definition) is 0. The summed E-state index contributed by atoms with van der Waals surface area (Å²) >= 11 is 10.8. The molecule has 0 radical (unpaired) electrons. The SMILES string of the molecule is CCOP(=O)(OCC)C(Cl)Cl. The second-order valence-corrected chi connectivity index (χ2v) is 5.47. The zero-order valence-corrected chi connectivity index (χ0v) is 8.83. The Hall–Kier alpha value is 0.730. The maximum Gasteiger partial charge on any atom is 0.363 e. The fourth-order valence-electron chi connectivity index (χ4n) is 0.510. The Balaban J connectivity index is 4.14. The first kappa shape index (κ1) is 11.7. The summed E-state index contributed by atoms with van der Waals surface area (Å²) in [6.07, 6.45) is 0. The maximum atomic E-state index is 11.4. The normalized spacial score (nSPS) is 12.5. The van der Waals surface area contributed by atoms with Crippen molar-refractivity contribution in [1.82, 2.24) is 0 Å². The number of rotatable bonds is 5. The summed E-state index contributed by atoms with van der Waals surface area (Å²) in [6.45, 7) is 3.93. The van der Waals surface area contributed by atoms with Crippen molar-refractivity contribution in [2.45, 2.75) is 18.4 Å². The van der Waals surface area contributed by atoms with Crippen molar-refractivity contribution in [2.75, 3.05) is 13.2 Å². The molecule has 0 amide bonds. The summed E-state index contributed by atoms with van der Waals surface area (Å²) in [5, 5.41) is 0. The Bertz CT molecular complexity index is 141. The van der Waals surface area contributed by atoms with E-state index in [1.54, 1.807) is 13.8 Å². The van der Waals surface area contributed by atoms with Crippen molar-refractivity contribution >= 4 is 30.8 Å². The van der Waals surface area contributed by atoms with E-state index >= 15 is 0 Å². The molecule has 6 heteroatoms. The first-order chi connectivity index (χ1) is 5.06. The summed E-state index contributed by atoms with van der Waals surface area (Å²) in [4.78, 5) is 0. The van der Waals surface area contributed by atoms with Crippen LogP contribution >= 0.6 is 30.8 Å². The van der Waals surface area contributed by atoms with E-state index in [0.717, 1.165) is 0 Å². The molecule has 11 heavy (non-hydrogen) atoms. The van der Waals surface area contributed by atoms with Crippen molar-refractivity contribution in [3.05, 3.63) is 0 Å². The number of hydrogen-bond acceptors (Lipinski definition) is 3. The minimum Gasteiger partial charge on any atom is -0.307 e. The average molecular weight is 221 g/mol. The predicted molar refractivity (Wildman–Crippen MR) is 46.4 cm³/mol. The highest BCUT2D eigenvalue weighted by molar-refractivity contribution is 7.58. The van der Waals surface area contributed by atoms with Gasteiger partial charge >= 0.3 is 7.60 Å². The topological polar surface area (TPSA) is 35.5 Å². The van der Waals surface area contributed by atoms with Gasteiger partial charge in [0.15, 0.2) is 0 Å². The van der Waals surface area contributed by atoms with E-state index < -0.39 is 12.2 Å². The van der Waals surface area contributed by atoms with Gasteiger partial charge in [-0.05, 0) is 13.8 Å². The Morgan fingerprint density at radius 2 is 1.64 bits per heavy atom. The molecular formula is C5H11Cl2O3P. The lowest BCUT2D eigenvalue weighted by Crippen LogP contribution is -2.01. The summed E-state index contributed by atoms with van der Waals surface area (Å²) in [5.41, 5.74) is 0. The zero-order valence-electron chi connectivity index (χ0n) is 6.42. The smallest absolute Gasteiger partial charge is 0.307 e. The van der Waals surface area contributed by atoms with E-state index in [2.05, 4.69) is 0 Å². The standard InChI is InChI=1S/C5H11Cl2O3P/c1-3-9-11(8,5(6)7)10-4-2/h5H,3-4H2,1-2H3. The molecule has 0 rings (SSSR count). The van der Waals surface area contributed by atoms with Crippen LogP contribution in [0, 0.1) is 0 Å². The molecular weight excluding hydrogens is 210 g/mol. The van der Waals surface area contributed by atoms with Crippen LogP contribution in [0.25, 0.3) is 0 Å². The minimum atomic E-state index is -3.26. The minimum absolute atomic E-state index is 0.271. The molecule has 0 aliphatic heterocycles. The molecule has 0 aliphatic rings. The number of alkyl halides is 2. The van der Waals surface area contributed by atoms with Crippen LogP contribution in [0.2, 0.25) is 0 Å². The van der Waals surface area contributed by atoms with Gasteiger partial charge in [0.1, 0.15) is 0 Å². The molecule has 0 aromatic rings. The highest BCUT2D eigenvalue weighted by Gasteiger charge is 2.31. The van der Waals surface area contributed by atoms with Gasteiger partial charge in [-0.3, -0.25) is 4.57 Å². The van der Waals surface area contributed by atoms with E-state index in [1.165, 1.54) is 0 Å². The van der Waals surface area contributed by atoms with Gasteiger partial charge in [-0.25, -0.2) is 0 Å². The molecule has 0 saturated carbocycles. The molecule has 0 heterocycles. The van der Waals surface area contributed by atoms with Gasteiger partial charge in [0.25, 0.3) is 0 Å². The van der Waals surface area contributed by atoms with Crippen molar-refractivity contribution in [3.63, 3.8) is 0 Å². The Morgan fingerprint density at radius 1 is 1.27 bits per heavy atom. The van der Waals surface area contributed by atoms with Crippen molar-refractivity contribution in [3.8, 4) is 0 Å². The largest absolute Gasteiger partial charge is 0.363 e. The first-order valence-corrected chi connectivity index (χ1v) is 5.72. The maximum absolute atomic E-state index is 11.4. The summed E-state index contributed by atoms with van der Waals surface area (Å²) in [5.74, 6) is 0. The van der Waals surface area contributed by atoms with Crippen molar-refractivity contribution in [1.29, 1.82) is 0 Å². The monoisotopic (exact) mass is 220 g/mol. The molecule has 0 aliphatic carbocycles. The molecule has 0 fully saturated rings. The molecule has 0 bridgehead atoms. The van der Waals surface area contributed by atoms with Gasteiger partial charge in [0.05, 0.1) is 13.2 Å². The quantitative estimate of drug-likeness (QED) is 0.528. The van der Waals surface area contributed by atoms with E-state index in [0.29, 0.717) is 0 Å². The van der Waals surface area contributed by atoms with Gasteiger partial charge in [0, 0.05) is 0 Å². The molecule has 0 spiro atoms. The van der Waals surface area contributed by atoms with Crippen LogP contribution in [0.4, 0.5) is 0 Å². The van der Waals surface area contributed by atoms with E-state index in [4.69, 9.17) is 32.2 Å². The van der Waals surface area contributed by atoms with Crippen LogP contribution in [0.5, 0.6) is 0 Å². The van der Waals surface area contributed by atoms with E-state index in [9.17, 15) is 4.57 Å². The average Bonchev–Trinajstić information content (AvgIpc) is 1.88. The van der Waals surface area contributed by atoms with Gasteiger partial charge in [-0.2, -0.15) is 0 Å². The molecule has 0 N–H and O–H groups in total. The third-order valence-corrected chi connectivity index (χ3v) is 4.01. The Kier molecular flexibility index (Phi) is 5.75. The molecule has 0 saturated heterocycles. The Labute approximate surface area is 76.5 Å². The molecule has 68 valence electrons. The molecule has 0 atom stereocenters. The predicted octanol–water partition coefficient (Wildman–Crippen LogP) is 3.01. The molecule has 3 nitrogen and oxygen atoms in total. The van der Waals surface area contributed by atoms with Gasteiger partial charge < -0.3 is 9.05 Å².